The van der Waals surface area contributed by atoms with Crippen LogP contribution in [0.2, 0.25) is 0 Å². The van der Waals surface area contributed by atoms with Gasteiger partial charge in [-0.1, -0.05) is 6.92 Å². The summed E-state index contributed by atoms with van der Waals surface area (Å²) in [6.45, 7) is 4.70. The Kier molecular flexibility index (Phi) is 4.30. The highest BCUT2D eigenvalue weighted by molar-refractivity contribution is 6.00. The average Bonchev–Trinajstić information content (AvgIpc) is 3.18. The summed E-state index contributed by atoms with van der Waals surface area (Å²) < 4.78 is 26.5. The van der Waals surface area contributed by atoms with Crippen molar-refractivity contribution in [3.05, 3.63) is 35.4 Å². The van der Waals surface area contributed by atoms with Crippen LogP contribution in [0.5, 0.6) is 0 Å². The Balaban J connectivity index is 2.17. The third-order valence-corrected chi connectivity index (χ3v) is 3.57. The first kappa shape index (κ1) is 14.1. The number of carbonyl (C=O) groups excluding carboxylic acids is 1. The topological polar surface area (TPSA) is 20.3 Å². The van der Waals surface area contributed by atoms with Gasteiger partial charge in [-0.25, -0.2) is 8.78 Å². The van der Waals surface area contributed by atoms with E-state index in [0.29, 0.717) is 6.04 Å². The smallest absolute Gasteiger partial charge is 0.182 e. The lowest BCUT2D eigenvalue weighted by molar-refractivity contribution is 0.0822. The molecule has 0 bridgehead atoms. The maximum atomic E-state index is 13.6. The van der Waals surface area contributed by atoms with Gasteiger partial charge in [-0.2, -0.15) is 0 Å². The van der Waals surface area contributed by atoms with Gasteiger partial charge in [0.2, 0.25) is 0 Å². The summed E-state index contributed by atoms with van der Waals surface area (Å²) in [5.74, 6) is -1.70. The number of nitrogens with zero attached hydrogens (tertiary/aromatic N) is 1. The predicted octanol–water partition coefficient (Wildman–Crippen LogP) is 3.41. The van der Waals surface area contributed by atoms with Crippen molar-refractivity contribution in [2.45, 2.75) is 45.2 Å². The Morgan fingerprint density at radius 3 is 2.63 bits per heavy atom. The van der Waals surface area contributed by atoms with E-state index < -0.39 is 11.6 Å². The molecule has 1 atom stereocenters. The van der Waals surface area contributed by atoms with E-state index in [1.54, 1.807) is 6.92 Å². The normalized spacial score (nSPS) is 16.7. The number of Topliss-reactive ketones (excluding diaryl/α,β-unsaturated/α-hetero) is 1. The largest absolute Gasteiger partial charge is 0.292 e. The first-order chi connectivity index (χ1) is 9.04. The minimum absolute atomic E-state index is 0.0179. The van der Waals surface area contributed by atoms with Crippen molar-refractivity contribution in [1.82, 2.24) is 4.90 Å². The van der Waals surface area contributed by atoms with E-state index in [0.717, 1.165) is 37.9 Å². The molecule has 2 nitrogen and oxygen atoms in total. The van der Waals surface area contributed by atoms with Gasteiger partial charge in [0.25, 0.3) is 0 Å². The summed E-state index contributed by atoms with van der Waals surface area (Å²) >= 11 is 0. The molecule has 0 saturated heterocycles. The fourth-order valence-corrected chi connectivity index (χ4v) is 2.42. The minimum atomic E-state index is -0.774. The van der Waals surface area contributed by atoms with Crippen LogP contribution in [0, 0.1) is 11.6 Å². The fraction of sp³-hybridized carbons (Fsp3) is 0.533. The van der Waals surface area contributed by atoms with E-state index in [1.165, 1.54) is 6.07 Å². The second-order valence-electron chi connectivity index (χ2n) is 5.13. The van der Waals surface area contributed by atoms with E-state index >= 15 is 0 Å². The fourth-order valence-electron chi connectivity index (χ4n) is 2.42. The number of hydrogen-bond donors (Lipinski definition) is 0. The van der Waals surface area contributed by atoms with Crippen LogP contribution < -0.4 is 0 Å². The first-order valence-electron chi connectivity index (χ1n) is 6.79. The van der Waals surface area contributed by atoms with Crippen LogP contribution in [0.1, 0.15) is 43.5 Å². The van der Waals surface area contributed by atoms with Gasteiger partial charge >= 0.3 is 0 Å². The predicted molar refractivity (Wildman–Crippen MR) is 70.2 cm³/mol. The average molecular weight is 267 g/mol. The van der Waals surface area contributed by atoms with Crippen LogP contribution in [0.25, 0.3) is 0 Å². The van der Waals surface area contributed by atoms with Gasteiger partial charge in [0, 0.05) is 12.1 Å². The second-order valence-corrected chi connectivity index (χ2v) is 5.13. The number of ketones is 1. The van der Waals surface area contributed by atoms with E-state index in [-0.39, 0.29) is 17.4 Å². The third kappa shape index (κ3) is 3.18. The molecule has 0 radical (unpaired) electrons. The van der Waals surface area contributed by atoms with Crippen molar-refractivity contribution in [3.8, 4) is 0 Å². The first-order valence-corrected chi connectivity index (χ1v) is 6.79. The quantitative estimate of drug-likeness (QED) is 0.736. The molecule has 2 rings (SSSR count). The van der Waals surface area contributed by atoms with Crippen LogP contribution >= 0.6 is 0 Å². The molecule has 1 unspecified atom stereocenters. The van der Waals surface area contributed by atoms with Crippen LogP contribution in [0.4, 0.5) is 8.78 Å². The Labute approximate surface area is 112 Å². The third-order valence-electron chi connectivity index (χ3n) is 3.57. The SMILES string of the molecule is CCCN(C1CC1)C(C)C(=O)c1ccc(F)cc1F. The lowest BCUT2D eigenvalue weighted by Crippen LogP contribution is -2.41. The Hall–Kier alpha value is -1.29. The maximum absolute atomic E-state index is 13.6. The molecule has 4 heteroatoms. The zero-order chi connectivity index (χ0) is 14.0. The summed E-state index contributed by atoms with van der Waals surface area (Å²) in [7, 11) is 0. The van der Waals surface area contributed by atoms with Crippen LogP contribution in [0.15, 0.2) is 18.2 Å². The van der Waals surface area contributed by atoms with Gasteiger partial charge in [0.1, 0.15) is 11.6 Å². The Morgan fingerprint density at radius 2 is 2.11 bits per heavy atom. The molecule has 1 aliphatic rings. The van der Waals surface area contributed by atoms with Gasteiger partial charge in [0.05, 0.1) is 11.6 Å². The highest BCUT2D eigenvalue weighted by Gasteiger charge is 2.35. The monoisotopic (exact) mass is 267 g/mol. The van der Waals surface area contributed by atoms with Crippen molar-refractivity contribution in [3.63, 3.8) is 0 Å². The highest BCUT2D eigenvalue weighted by atomic mass is 19.1. The summed E-state index contributed by atoms with van der Waals surface area (Å²) in [6.07, 6.45) is 3.16. The van der Waals surface area contributed by atoms with Crippen LogP contribution in [0.3, 0.4) is 0 Å². The van der Waals surface area contributed by atoms with Crippen molar-refractivity contribution in [2.75, 3.05) is 6.54 Å². The van der Waals surface area contributed by atoms with Crippen molar-refractivity contribution in [2.24, 2.45) is 0 Å². The van der Waals surface area contributed by atoms with Gasteiger partial charge in [-0.05, 0) is 44.9 Å². The minimum Gasteiger partial charge on any atom is -0.292 e. The summed E-state index contributed by atoms with van der Waals surface area (Å²) in [5.41, 5.74) is -0.0179. The number of halogens is 2. The van der Waals surface area contributed by atoms with Gasteiger partial charge in [-0.15, -0.1) is 0 Å². The molecule has 0 aromatic heterocycles. The summed E-state index contributed by atoms with van der Waals surface area (Å²) in [4.78, 5) is 14.5. The molecule has 0 amide bonds. The van der Waals surface area contributed by atoms with Crippen molar-refractivity contribution >= 4 is 5.78 Å². The van der Waals surface area contributed by atoms with Gasteiger partial charge in [-0.3, -0.25) is 9.69 Å². The molecule has 19 heavy (non-hydrogen) atoms. The van der Waals surface area contributed by atoms with Crippen LogP contribution in [-0.4, -0.2) is 29.3 Å². The molecule has 1 saturated carbocycles. The molecule has 0 aliphatic heterocycles. The second kappa shape index (κ2) is 5.78. The number of hydrogen-bond acceptors (Lipinski definition) is 2. The number of benzene rings is 1. The number of carbonyl (C=O) groups is 1. The lowest BCUT2D eigenvalue weighted by Gasteiger charge is -2.27. The van der Waals surface area contributed by atoms with E-state index in [9.17, 15) is 13.6 Å². The molecular weight excluding hydrogens is 248 g/mol. The lowest BCUT2D eigenvalue weighted by atomic mass is 10.0. The maximum Gasteiger partial charge on any atom is 0.182 e. The van der Waals surface area contributed by atoms with E-state index in [4.69, 9.17) is 0 Å². The summed E-state index contributed by atoms with van der Waals surface area (Å²) in [6, 6.07) is 3.22. The standard InChI is InChI=1S/C15H19F2NO/c1-3-8-18(12-5-6-12)10(2)15(19)13-7-4-11(16)9-14(13)17/h4,7,9-10,12H,3,5-6,8H2,1-2H3. The van der Waals surface area contributed by atoms with Gasteiger partial charge in [0.15, 0.2) is 5.78 Å². The van der Waals surface area contributed by atoms with Gasteiger partial charge < -0.3 is 0 Å². The zero-order valence-electron chi connectivity index (χ0n) is 11.3. The van der Waals surface area contributed by atoms with E-state index in [2.05, 4.69) is 11.8 Å². The van der Waals surface area contributed by atoms with Crippen LogP contribution in [-0.2, 0) is 0 Å². The Bertz CT molecular complexity index is 471. The molecule has 1 aromatic carbocycles. The molecule has 0 N–H and O–H groups in total. The number of rotatable bonds is 6. The molecule has 0 spiro atoms. The summed E-state index contributed by atoms with van der Waals surface area (Å²) in [5, 5.41) is 0. The van der Waals surface area contributed by atoms with E-state index in [1.807, 2.05) is 0 Å². The molecule has 0 heterocycles. The molecule has 1 fully saturated rings. The molecule has 1 aliphatic carbocycles. The zero-order valence-corrected chi connectivity index (χ0v) is 11.3. The molecule has 104 valence electrons. The van der Waals surface area contributed by atoms with Crippen molar-refractivity contribution in [1.29, 1.82) is 0 Å². The molecule has 1 aromatic rings. The van der Waals surface area contributed by atoms with Crippen molar-refractivity contribution < 1.29 is 13.6 Å². The Morgan fingerprint density at radius 1 is 1.42 bits per heavy atom. The molecular formula is C15H19F2NO. The highest BCUT2D eigenvalue weighted by Crippen LogP contribution is 2.30.